The molecule has 2 aromatic rings. The summed E-state index contributed by atoms with van der Waals surface area (Å²) >= 11 is 0. The summed E-state index contributed by atoms with van der Waals surface area (Å²) in [5.74, 6) is -0.304. The van der Waals surface area contributed by atoms with Gasteiger partial charge in [0.1, 0.15) is 5.56 Å². The minimum absolute atomic E-state index is 0. The molecular formula is C19H25ClN2O2. The summed E-state index contributed by atoms with van der Waals surface area (Å²) in [5.41, 5.74) is 3.48. The number of rotatable bonds is 4. The van der Waals surface area contributed by atoms with Crippen LogP contribution in [0, 0.1) is 6.92 Å². The molecule has 24 heavy (non-hydrogen) atoms. The van der Waals surface area contributed by atoms with Crippen molar-refractivity contribution in [2.45, 2.75) is 52.0 Å². The molecule has 0 bridgehead atoms. The number of halogens is 1. The first-order chi connectivity index (χ1) is 11.2. The molecule has 1 saturated carbocycles. The molecule has 0 atom stereocenters. The van der Waals surface area contributed by atoms with Gasteiger partial charge in [0, 0.05) is 17.6 Å². The number of carbonyl (C=O) groups excluding carboxylic acids is 1. The highest BCUT2D eigenvalue weighted by molar-refractivity contribution is 6.05. The third-order valence-electron chi connectivity index (χ3n) is 4.47. The number of pyridine rings is 1. The number of fused-ring (bicyclic) bond motifs is 1. The molecule has 1 fully saturated rings. The second-order valence-corrected chi connectivity index (χ2v) is 6.27. The molecular weight excluding hydrogens is 324 g/mol. The third kappa shape index (κ3) is 3.99. The first kappa shape index (κ1) is 18.5. The Labute approximate surface area is 149 Å². The molecule has 1 N–H and O–H groups in total. The average Bonchev–Trinajstić information content (AvgIpc) is 2.56. The minimum atomic E-state index is -0.304. The maximum absolute atomic E-state index is 12.3. The monoisotopic (exact) mass is 348 g/mol. The molecule has 1 aliphatic rings. The summed E-state index contributed by atoms with van der Waals surface area (Å²) < 4.78 is 5.22. The second kappa shape index (κ2) is 8.34. The van der Waals surface area contributed by atoms with Crippen LogP contribution >= 0.6 is 12.4 Å². The SMILES string of the molecule is CCOC(=O)c1cnc2ccc(C)cc2c1NC1CCCCC1.Cl. The molecule has 1 aromatic carbocycles. The number of nitrogens with one attached hydrogen (secondary N) is 1. The van der Waals surface area contributed by atoms with Crippen LogP contribution in [0.1, 0.15) is 54.9 Å². The van der Waals surface area contributed by atoms with E-state index in [1.165, 1.54) is 19.3 Å². The molecule has 1 aromatic heterocycles. The number of hydrogen-bond donors (Lipinski definition) is 1. The molecule has 1 heterocycles. The molecule has 5 heteroatoms. The van der Waals surface area contributed by atoms with Gasteiger partial charge in [-0.2, -0.15) is 0 Å². The summed E-state index contributed by atoms with van der Waals surface area (Å²) in [7, 11) is 0. The molecule has 0 unspecified atom stereocenters. The number of carbonyl (C=O) groups is 1. The Kier molecular flexibility index (Phi) is 6.44. The fraction of sp³-hybridized carbons (Fsp3) is 0.474. The normalized spacial score (nSPS) is 14.9. The Morgan fingerprint density at radius 1 is 1.29 bits per heavy atom. The summed E-state index contributed by atoms with van der Waals surface area (Å²) in [6.07, 6.45) is 7.73. The number of aryl methyl sites for hydroxylation is 1. The second-order valence-electron chi connectivity index (χ2n) is 6.27. The van der Waals surface area contributed by atoms with E-state index in [-0.39, 0.29) is 18.4 Å². The quantitative estimate of drug-likeness (QED) is 0.799. The van der Waals surface area contributed by atoms with Crippen LogP contribution in [-0.2, 0) is 4.74 Å². The highest BCUT2D eigenvalue weighted by atomic mass is 35.5. The van der Waals surface area contributed by atoms with Crippen molar-refractivity contribution in [1.29, 1.82) is 0 Å². The van der Waals surface area contributed by atoms with E-state index < -0.39 is 0 Å². The Bertz CT molecular complexity index is 712. The van der Waals surface area contributed by atoms with E-state index >= 15 is 0 Å². The predicted molar refractivity (Wildman–Crippen MR) is 100 cm³/mol. The fourth-order valence-electron chi connectivity index (χ4n) is 3.28. The number of aromatic nitrogens is 1. The van der Waals surface area contributed by atoms with E-state index in [1.54, 1.807) is 6.20 Å². The van der Waals surface area contributed by atoms with Crippen LogP contribution < -0.4 is 5.32 Å². The highest BCUT2D eigenvalue weighted by Gasteiger charge is 2.20. The van der Waals surface area contributed by atoms with Crippen LogP contribution in [0.15, 0.2) is 24.4 Å². The zero-order chi connectivity index (χ0) is 16.2. The van der Waals surface area contributed by atoms with Crippen molar-refractivity contribution in [2.24, 2.45) is 0 Å². The van der Waals surface area contributed by atoms with Gasteiger partial charge in [0.15, 0.2) is 0 Å². The standard InChI is InChI=1S/C19H24N2O2.ClH/c1-3-23-19(22)16-12-20-17-10-9-13(2)11-15(17)18(16)21-14-7-5-4-6-8-14;/h9-12,14H,3-8H2,1-2H3,(H,20,21);1H. The highest BCUT2D eigenvalue weighted by Crippen LogP contribution is 2.30. The summed E-state index contributed by atoms with van der Waals surface area (Å²) in [6.45, 7) is 4.25. The smallest absolute Gasteiger partial charge is 0.341 e. The molecule has 0 spiro atoms. The van der Waals surface area contributed by atoms with Crippen LogP contribution in [0.5, 0.6) is 0 Å². The zero-order valence-electron chi connectivity index (χ0n) is 14.3. The van der Waals surface area contributed by atoms with Crippen LogP contribution in [-0.4, -0.2) is 23.6 Å². The van der Waals surface area contributed by atoms with Gasteiger partial charge in [0.05, 0.1) is 17.8 Å². The largest absolute Gasteiger partial charge is 0.462 e. The summed E-state index contributed by atoms with van der Waals surface area (Å²) in [6, 6.07) is 6.56. The van der Waals surface area contributed by atoms with E-state index in [9.17, 15) is 4.79 Å². The van der Waals surface area contributed by atoms with Crippen molar-refractivity contribution in [3.05, 3.63) is 35.5 Å². The molecule has 1 aliphatic carbocycles. The Balaban J connectivity index is 0.00000208. The van der Waals surface area contributed by atoms with Gasteiger partial charge in [-0.3, -0.25) is 4.98 Å². The molecule has 0 amide bonds. The van der Waals surface area contributed by atoms with Crippen molar-refractivity contribution in [1.82, 2.24) is 4.98 Å². The van der Waals surface area contributed by atoms with Crippen molar-refractivity contribution in [3.8, 4) is 0 Å². The molecule has 130 valence electrons. The zero-order valence-corrected chi connectivity index (χ0v) is 15.1. The maximum atomic E-state index is 12.3. The van der Waals surface area contributed by atoms with Crippen molar-refractivity contribution in [2.75, 3.05) is 11.9 Å². The van der Waals surface area contributed by atoms with Crippen LogP contribution in [0.4, 0.5) is 5.69 Å². The van der Waals surface area contributed by atoms with Crippen LogP contribution in [0.25, 0.3) is 10.9 Å². The van der Waals surface area contributed by atoms with Crippen LogP contribution in [0.3, 0.4) is 0 Å². The number of ether oxygens (including phenoxy) is 1. The van der Waals surface area contributed by atoms with Crippen molar-refractivity contribution >= 4 is 35.0 Å². The van der Waals surface area contributed by atoms with E-state index in [2.05, 4.69) is 23.3 Å². The molecule has 0 saturated heterocycles. The Morgan fingerprint density at radius 2 is 2.04 bits per heavy atom. The summed E-state index contributed by atoms with van der Waals surface area (Å²) in [5, 5.41) is 4.62. The van der Waals surface area contributed by atoms with Gasteiger partial charge in [-0.15, -0.1) is 12.4 Å². The number of hydrogen-bond acceptors (Lipinski definition) is 4. The lowest BCUT2D eigenvalue weighted by Crippen LogP contribution is -2.24. The van der Waals surface area contributed by atoms with Crippen LogP contribution in [0.2, 0.25) is 0 Å². The number of anilines is 1. The van der Waals surface area contributed by atoms with Crippen molar-refractivity contribution < 1.29 is 9.53 Å². The molecule has 0 radical (unpaired) electrons. The topological polar surface area (TPSA) is 51.2 Å². The van der Waals surface area contributed by atoms with Gasteiger partial charge in [-0.1, -0.05) is 30.9 Å². The Hall–Kier alpha value is -1.81. The van der Waals surface area contributed by atoms with Crippen molar-refractivity contribution in [3.63, 3.8) is 0 Å². The van der Waals surface area contributed by atoms with Gasteiger partial charge < -0.3 is 10.1 Å². The van der Waals surface area contributed by atoms with E-state index in [4.69, 9.17) is 4.74 Å². The lowest BCUT2D eigenvalue weighted by molar-refractivity contribution is 0.0527. The molecule has 0 aliphatic heterocycles. The fourth-order valence-corrected chi connectivity index (χ4v) is 3.28. The van der Waals surface area contributed by atoms with Gasteiger partial charge >= 0.3 is 5.97 Å². The Morgan fingerprint density at radius 3 is 2.75 bits per heavy atom. The molecule has 3 rings (SSSR count). The van der Waals surface area contributed by atoms with Gasteiger partial charge in [-0.25, -0.2) is 4.79 Å². The number of esters is 1. The van der Waals surface area contributed by atoms with E-state index in [0.29, 0.717) is 18.2 Å². The van der Waals surface area contributed by atoms with E-state index in [0.717, 1.165) is 35.0 Å². The number of nitrogens with zero attached hydrogens (tertiary/aromatic N) is 1. The maximum Gasteiger partial charge on any atom is 0.341 e. The lowest BCUT2D eigenvalue weighted by Gasteiger charge is -2.25. The predicted octanol–water partition coefficient (Wildman–Crippen LogP) is 4.89. The van der Waals surface area contributed by atoms with Gasteiger partial charge in [0.25, 0.3) is 0 Å². The average molecular weight is 349 g/mol. The lowest BCUT2D eigenvalue weighted by atomic mass is 9.94. The molecule has 4 nitrogen and oxygen atoms in total. The minimum Gasteiger partial charge on any atom is -0.462 e. The summed E-state index contributed by atoms with van der Waals surface area (Å²) in [4.78, 5) is 16.8. The first-order valence-electron chi connectivity index (χ1n) is 8.52. The third-order valence-corrected chi connectivity index (χ3v) is 4.47. The van der Waals surface area contributed by atoms with E-state index in [1.807, 2.05) is 19.1 Å². The first-order valence-corrected chi connectivity index (χ1v) is 8.52. The number of benzene rings is 1. The van der Waals surface area contributed by atoms with Gasteiger partial charge in [-0.05, 0) is 38.8 Å². The van der Waals surface area contributed by atoms with Gasteiger partial charge in [0.2, 0.25) is 0 Å².